The fraction of sp³-hybridized carbons (Fsp3) is 0.500. The monoisotopic (exact) mass is 198 g/mol. The average Bonchev–Trinajstić information content (AvgIpc) is 2.16. The SMILES string of the molecule is CSC(C)CNc1ncc(N)cn1. The molecule has 4 nitrogen and oxygen atoms in total. The quantitative estimate of drug-likeness (QED) is 0.761. The maximum Gasteiger partial charge on any atom is 0.222 e. The number of hydrogen-bond acceptors (Lipinski definition) is 5. The van der Waals surface area contributed by atoms with Gasteiger partial charge in [-0.25, -0.2) is 9.97 Å². The Labute approximate surface area is 82.3 Å². The van der Waals surface area contributed by atoms with E-state index in [1.165, 1.54) is 0 Å². The number of thioether (sulfide) groups is 1. The lowest BCUT2D eigenvalue weighted by atomic mass is 10.5. The van der Waals surface area contributed by atoms with E-state index in [4.69, 9.17) is 5.73 Å². The van der Waals surface area contributed by atoms with Crippen molar-refractivity contribution >= 4 is 23.4 Å². The van der Waals surface area contributed by atoms with Crippen LogP contribution in [0, 0.1) is 0 Å². The summed E-state index contributed by atoms with van der Waals surface area (Å²) in [6, 6.07) is 0. The molecule has 1 unspecified atom stereocenters. The number of nitrogens with one attached hydrogen (secondary N) is 1. The molecule has 0 saturated heterocycles. The van der Waals surface area contributed by atoms with Gasteiger partial charge in [-0.1, -0.05) is 6.92 Å². The molecular weight excluding hydrogens is 184 g/mol. The second-order valence-electron chi connectivity index (χ2n) is 2.77. The molecule has 0 radical (unpaired) electrons. The number of rotatable bonds is 4. The minimum Gasteiger partial charge on any atom is -0.396 e. The normalized spacial score (nSPS) is 12.5. The zero-order valence-corrected chi connectivity index (χ0v) is 8.64. The topological polar surface area (TPSA) is 63.8 Å². The zero-order valence-electron chi connectivity index (χ0n) is 7.82. The first-order chi connectivity index (χ1) is 6.22. The molecule has 0 aromatic carbocycles. The van der Waals surface area contributed by atoms with Crippen molar-refractivity contribution in [3.63, 3.8) is 0 Å². The van der Waals surface area contributed by atoms with Crippen LogP contribution in [0.5, 0.6) is 0 Å². The summed E-state index contributed by atoms with van der Waals surface area (Å²) in [7, 11) is 0. The van der Waals surface area contributed by atoms with Crippen LogP contribution in [0.3, 0.4) is 0 Å². The molecule has 1 aromatic rings. The maximum atomic E-state index is 5.45. The van der Waals surface area contributed by atoms with Gasteiger partial charge in [-0.3, -0.25) is 0 Å². The lowest BCUT2D eigenvalue weighted by Gasteiger charge is -2.08. The van der Waals surface area contributed by atoms with Crippen LogP contribution in [0.2, 0.25) is 0 Å². The largest absolute Gasteiger partial charge is 0.396 e. The van der Waals surface area contributed by atoms with E-state index in [0.717, 1.165) is 6.54 Å². The second-order valence-corrected chi connectivity index (χ2v) is 4.04. The summed E-state index contributed by atoms with van der Waals surface area (Å²) in [5.74, 6) is 0.634. The molecule has 3 N–H and O–H groups in total. The van der Waals surface area contributed by atoms with E-state index in [9.17, 15) is 0 Å². The van der Waals surface area contributed by atoms with E-state index in [2.05, 4.69) is 28.5 Å². The van der Waals surface area contributed by atoms with Crippen molar-refractivity contribution in [2.75, 3.05) is 23.9 Å². The smallest absolute Gasteiger partial charge is 0.222 e. The fourth-order valence-electron chi connectivity index (χ4n) is 0.748. The van der Waals surface area contributed by atoms with Crippen molar-refractivity contribution < 1.29 is 0 Å². The van der Waals surface area contributed by atoms with Gasteiger partial charge in [0, 0.05) is 11.8 Å². The molecule has 1 heterocycles. The molecule has 5 heteroatoms. The molecule has 1 rings (SSSR count). The molecule has 72 valence electrons. The van der Waals surface area contributed by atoms with E-state index in [1.807, 2.05) is 0 Å². The van der Waals surface area contributed by atoms with E-state index in [0.29, 0.717) is 16.9 Å². The average molecular weight is 198 g/mol. The summed E-state index contributed by atoms with van der Waals surface area (Å²) in [5.41, 5.74) is 6.04. The Kier molecular flexibility index (Phi) is 3.82. The van der Waals surface area contributed by atoms with Crippen LogP contribution in [0.15, 0.2) is 12.4 Å². The molecule has 0 bridgehead atoms. The Hall–Kier alpha value is -0.970. The summed E-state index contributed by atoms with van der Waals surface area (Å²) in [4.78, 5) is 8.06. The number of nitrogen functional groups attached to an aromatic ring is 1. The highest BCUT2D eigenvalue weighted by Crippen LogP contribution is 2.06. The van der Waals surface area contributed by atoms with Gasteiger partial charge in [0.15, 0.2) is 0 Å². The van der Waals surface area contributed by atoms with Gasteiger partial charge < -0.3 is 11.1 Å². The third-order valence-corrected chi connectivity index (χ3v) is 2.59. The Morgan fingerprint density at radius 3 is 2.69 bits per heavy atom. The third-order valence-electron chi connectivity index (χ3n) is 1.62. The summed E-state index contributed by atoms with van der Waals surface area (Å²) in [5, 5.41) is 3.68. The lowest BCUT2D eigenvalue weighted by Crippen LogP contribution is -2.14. The summed E-state index contributed by atoms with van der Waals surface area (Å²) >= 11 is 1.80. The molecule has 0 aliphatic carbocycles. The number of hydrogen-bond donors (Lipinski definition) is 2. The standard InChI is InChI=1S/C8H14N4S/c1-6(13-2)3-10-8-11-4-7(9)5-12-8/h4-6H,3,9H2,1-2H3,(H,10,11,12). The first-order valence-electron chi connectivity index (χ1n) is 4.06. The fourth-order valence-corrected chi connectivity index (χ4v) is 0.998. The van der Waals surface area contributed by atoms with Crippen molar-refractivity contribution in [2.45, 2.75) is 12.2 Å². The van der Waals surface area contributed by atoms with Gasteiger partial charge in [-0.05, 0) is 6.26 Å². The molecule has 1 atom stereocenters. The minimum absolute atomic E-state index is 0.557. The van der Waals surface area contributed by atoms with Crippen LogP contribution in [0.25, 0.3) is 0 Å². The van der Waals surface area contributed by atoms with E-state index < -0.39 is 0 Å². The van der Waals surface area contributed by atoms with Crippen molar-refractivity contribution in [3.8, 4) is 0 Å². The van der Waals surface area contributed by atoms with Gasteiger partial charge in [-0.2, -0.15) is 11.8 Å². The Balaban J connectivity index is 2.41. The predicted octanol–water partition coefficient (Wildman–Crippen LogP) is 1.22. The minimum atomic E-state index is 0.557. The molecular formula is C8H14N4S. The Morgan fingerprint density at radius 2 is 2.15 bits per heavy atom. The Morgan fingerprint density at radius 1 is 1.54 bits per heavy atom. The van der Waals surface area contributed by atoms with Crippen molar-refractivity contribution in [1.82, 2.24) is 9.97 Å². The molecule has 0 aliphatic rings. The van der Waals surface area contributed by atoms with Crippen LogP contribution in [-0.2, 0) is 0 Å². The lowest BCUT2D eigenvalue weighted by molar-refractivity contribution is 0.972. The van der Waals surface area contributed by atoms with Crippen molar-refractivity contribution in [2.24, 2.45) is 0 Å². The molecule has 0 saturated carbocycles. The highest BCUT2D eigenvalue weighted by atomic mass is 32.2. The van der Waals surface area contributed by atoms with Crippen LogP contribution in [-0.4, -0.2) is 28.0 Å². The molecule has 0 amide bonds. The first kappa shape index (κ1) is 10.1. The molecule has 0 aliphatic heterocycles. The molecule has 1 aromatic heterocycles. The molecule has 0 fully saturated rings. The molecule has 13 heavy (non-hydrogen) atoms. The summed E-state index contributed by atoms with van der Waals surface area (Å²) in [6.45, 7) is 3.01. The van der Waals surface area contributed by atoms with Crippen LogP contribution in [0.4, 0.5) is 11.6 Å². The second kappa shape index (κ2) is 4.91. The maximum absolute atomic E-state index is 5.45. The van der Waals surface area contributed by atoms with E-state index in [1.54, 1.807) is 24.2 Å². The highest BCUT2D eigenvalue weighted by Gasteiger charge is 1.99. The van der Waals surface area contributed by atoms with Gasteiger partial charge in [0.25, 0.3) is 0 Å². The van der Waals surface area contributed by atoms with Crippen LogP contribution >= 0.6 is 11.8 Å². The summed E-state index contributed by atoms with van der Waals surface area (Å²) in [6.07, 6.45) is 5.27. The van der Waals surface area contributed by atoms with E-state index in [-0.39, 0.29) is 0 Å². The highest BCUT2D eigenvalue weighted by molar-refractivity contribution is 7.99. The molecule has 0 spiro atoms. The number of anilines is 2. The zero-order chi connectivity index (χ0) is 9.68. The van der Waals surface area contributed by atoms with Gasteiger partial charge in [0.2, 0.25) is 5.95 Å². The van der Waals surface area contributed by atoms with Gasteiger partial charge in [0.05, 0.1) is 18.1 Å². The van der Waals surface area contributed by atoms with Crippen LogP contribution < -0.4 is 11.1 Å². The van der Waals surface area contributed by atoms with Gasteiger partial charge >= 0.3 is 0 Å². The number of nitrogens with two attached hydrogens (primary N) is 1. The van der Waals surface area contributed by atoms with E-state index >= 15 is 0 Å². The first-order valence-corrected chi connectivity index (χ1v) is 5.35. The van der Waals surface area contributed by atoms with Gasteiger partial charge in [0.1, 0.15) is 0 Å². The number of aromatic nitrogens is 2. The summed E-state index contributed by atoms with van der Waals surface area (Å²) < 4.78 is 0. The number of nitrogens with zero attached hydrogens (tertiary/aromatic N) is 2. The van der Waals surface area contributed by atoms with Crippen molar-refractivity contribution in [1.29, 1.82) is 0 Å². The Bertz CT molecular complexity index is 249. The van der Waals surface area contributed by atoms with Crippen LogP contribution in [0.1, 0.15) is 6.92 Å². The predicted molar refractivity (Wildman–Crippen MR) is 57.9 cm³/mol. The van der Waals surface area contributed by atoms with Crippen molar-refractivity contribution in [3.05, 3.63) is 12.4 Å². The third kappa shape index (κ3) is 3.50. The van der Waals surface area contributed by atoms with Gasteiger partial charge in [-0.15, -0.1) is 0 Å².